The van der Waals surface area contributed by atoms with Gasteiger partial charge in [-0.3, -0.25) is 0 Å². The van der Waals surface area contributed by atoms with Crippen molar-refractivity contribution in [2.24, 2.45) is 5.73 Å². The van der Waals surface area contributed by atoms with Gasteiger partial charge in [0.25, 0.3) is 0 Å². The van der Waals surface area contributed by atoms with Crippen LogP contribution in [0, 0.1) is 0 Å². The van der Waals surface area contributed by atoms with Gasteiger partial charge in [-0.05, 0) is 0 Å². The molecule has 0 radical (unpaired) electrons. The van der Waals surface area contributed by atoms with Crippen LogP contribution in [0.3, 0.4) is 0 Å². The van der Waals surface area contributed by atoms with Crippen LogP contribution in [0.5, 0.6) is 0 Å². The fourth-order valence-electron chi connectivity index (χ4n) is 0.882. The van der Waals surface area contributed by atoms with Crippen LogP contribution in [0.2, 0.25) is 0 Å². The molecule has 0 aromatic carbocycles. The summed E-state index contributed by atoms with van der Waals surface area (Å²) in [6.07, 6.45) is 0. The van der Waals surface area contributed by atoms with E-state index in [4.69, 9.17) is 5.73 Å². The topological polar surface area (TPSA) is 38.0 Å². The van der Waals surface area contributed by atoms with Gasteiger partial charge in [0.1, 0.15) is 0 Å². The number of hydrogen-bond acceptors (Lipinski definition) is 2. The Balaban J connectivity index is 3.88. The molecule has 0 aliphatic rings. The van der Waals surface area contributed by atoms with E-state index >= 15 is 0 Å². The average Bonchev–Trinajstić information content (AvgIpc) is 1.85. The summed E-state index contributed by atoms with van der Waals surface area (Å²) in [6, 6.07) is 0. The van der Waals surface area contributed by atoms with Crippen LogP contribution in [-0.2, 0) is 0 Å². The summed E-state index contributed by atoms with van der Waals surface area (Å²) in [4.78, 5) is 0. The molecule has 70 valence electrons. The summed E-state index contributed by atoms with van der Waals surface area (Å²) < 4.78 is 2.03. The second-order valence-electron chi connectivity index (χ2n) is 3.27. The molecule has 1 atom stereocenters. The summed E-state index contributed by atoms with van der Waals surface area (Å²) in [7, 11) is 2.00. The SMILES string of the molecule is CC[I-]C(CNC)C(C)(C)N. The van der Waals surface area contributed by atoms with E-state index in [2.05, 4.69) is 26.1 Å². The Labute approximate surface area is 80.6 Å². The van der Waals surface area contributed by atoms with E-state index in [0.717, 1.165) is 6.54 Å². The Bertz CT molecular complexity index is 92.8. The third-order valence-electron chi connectivity index (χ3n) is 1.53. The molecule has 3 N–H and O–H groups in total. The van der Waals surface area contributed by atoms with Gasteiger partial charge in [-0.25, -0.2) is 0 Å². The molecule has 0 fully saturated rings. The van der Waals surface area contributed by atoms with Gasteiger partial charge in [0.05, 0.1) is 0 Å². The van der Waals surface area contributed by atoms with Gasteiger partial charge < -0.3 is 0 Å². The Hall–Kier alpha value is 0.650. The van der Waals surface area contributed by atoms with Gasteiger partial charge in [0.15, 0.2) is 0 Å². The molecular formula is C8H20IN2-. The van der Waals surface area contributed by atoms with E-state index in [1.54, 1.807) is 0 Å². The Morgan fingerprint density at radius 3 is 2.36 bits per heavy atom. The fourth-order valence-corrected chi connectivity index (χ4v) is 3.83. The van der Waals surface area contributed by atoms with Gasteiger partial charge in [-0.2, -0.15) is 0 Å². The molecular weight excluding hydrogens is 251 g/mol. The quantitative estimate of drug-likeness (QED) is 0.426. The van der Waals surface area contributed by atoms with Gasteiger partial charge in [0, 0.05) is 0 Å². The zero-order valence-corrected chi connectivity index (χ0v) is 10.1. The van der Waals surface area contributed by atoms with Crippen molar-refractivity contribution in [3.8, 4) is 0 Å². The predicted octanol–water partition coefficient (Wildman–Crippen LogP) is -2.58. The Morgan fingerprint density at radius 2 is 2.09 bits per heavy atom. The van der Waals surface area contributed by atoms with Crippen molar-refractivity contribution >= 4 is 0 Å². The number of rotatable bonds is 5. The molecule has 0 aliphatic carbocycles. The van der Waals surface area contributed by atoms with Crippen LogP contribution in [0.15, 0.2) is 0 Å². The average molecular weight is 271 g/mol. The molecule has 0 aromatic heterocycles. The van der Waals surface area contributed by atoms with E-state index in [1.807, 2.05) is 7.05 Å². The molecule has 0 saturated carbocycles. The third-order valence-corrected chi connectivity index (χ3v) is 5.52. The molecule has 0 bridgehead atoms. The van der Waals surface area contributed by atoms with Crippen molar-refractivity contribution in [3.63, 3.8) is 0 Å². The van der Waals surface area contributed by atoms with Crippen molar-refractivity contribution in [2.75, 3.05) is 18.0 Å². The summed E-state index contributed by atoms with van der Waals surface area (Å²) in [5, 5.41) is 3.21. The number of halogens is 1. The van der Waals surface area contributed by atoms with E-state index in [-0.39, 0.29) is 26.7 Å². The molecule has 0 rings (SSSR count). The van der Waals surface area contributed by atoms with Crippen molar-refractivity contribution in [2.45, 2.75) is 30.2 Å². The number of nitrogens with one attached hydrogen (secondary N) is 1. The second kappa shape index (κ2) is 5.32. The summed E-state index contributed by atoms with van der Waals surface area (Å²) >= 11 is 0.278. The first kappa shape index (κ1) is 11.6. The van der Waals surface area contributed by atoms with Crippen LogP contribution >= 0.6 is 0 Å². The van der Waals surface area contributed by atoms with E-state index in [0.29, 0.717) is 3.92 Å². The van der Waals surface area contributed by atoms with Gasteiger partial charge in [-0.15, -0.1) is 0 Å². The normalized spacial score (nSPS) is 15.4. The minimum atomic E-state index is 0.00625. The van der Waals surface area contributed by atoms with Gasteiger partial charge in [0.2, 0.25) is 0 Å². The molecule has 0 aliphatic heterocycles. The zero-order valence-electron chi connectivity index (χ0n) is 7.95. The molecule has 0 saturated heterocycles. The number of alkyl halides is 2. The summed E-state index contributed by atoms with van der Waals surface area (Å²) in [5.41, 5.74) is 6.05. The molecule has 3 heteroatoms. The first-order valence-electron chi connectivity index (χ1n) is 4.03. The maximum atomic E-state index is 6.04. The third kappa shape index (κ3) is 4.98. The van der Waals surface area contributed by atoms with Crippen molar-refractivity contribution in [1.29, 1.82) is 0 Å². The predicted molar refractivity (Wildman–Crippen MR) is 46.5 cm³/mol. The van der Waals surface area contributed by atoms with Gasteiger partial charge >= 0.3 is 80.5 Å². The van der Waals surface area contributed by atoms with E-state index in [1.165, 1.54) is 4.43 Å². The maximum absolute atomic E-state index is 6.04. The first-order chi connectivity index (χ1) is 5.02. The summed E-state index contributed by atoms with van der Waals surface area (Å²) in [5.74, 6) is 0. The van der Waals surface area contributed by atoms with Crippen LogP contribution in [0.4, 0.5) is 0 Å². The van der Waals surface area contributed by atoms with Crippen LogP contribution < -0.4 is 32.3 Å². The second-order valence-corrected chi connectivity index (χ2v) is 7.18. The molecule has 0 aromatic rings. The van der Waals surface area contributed by atoms with Crippen molar-refractivity contribution in [3.05, 3.63) is 0 Å². The number of nitrogens with two attached hydrogens (primary N) is 1. The van der Waals surface area contributed by atoms with Crippen molar-refractivity contribution in [1.82, 2.24) is 5.32 Å². The van der Waals surface area contributed by atoms with Crippen LogP contribution in [0.25, 0.3) is 0 Å². The molecule has 1 unspecified atom stereocenters. The van der Waals surface area contributed by atoms with Gasteiger partial charge in [-0.1, -0.05) is 0 Å². The molecule has 0 heterocycles. The molecule has 11 heavy (non-hydrogen) atoms. The Morgan fingerprint density at radius 1 is 1.55 bits per heavy atom. The standard InChI is InChI=1S/C8H20IN2/c1-5-9-7(6-11-4)8(2,3)10/h7,11H,5-6,10H2,1-4H3/q-1. The fraction of sp³-hybridized carbons (Fsp3) is 1.00. The van der Waals surface area contributed by atoms with Crippen molar-refractivity contribution < 1.29 is 21.2 Å². The zero-order chi connectivity index (χ0) is 8.91. The van der Waals surface area contributed by atoms with E-state index in [9.17, 15) is 0 Å². The Kier molecular flexibility index (Phi) is 5.64. The monoisotopic (exact) mass is 271 g/mol. The van der Waals surface area contributed by atoms with Crippen LogP contribution in [0.1, 0.15) is 20.8 Å². The first-order valence-corrected chi connectivity index (χ1v) is 6.80. The van der Waals surface area contributed by atoms with E-state index < -0.39 is 0 Å². The minimum absolute atomic E-state index is 0.00625. The number of hydrogen-bond donors (Lipinski definition) is 2. The summed E-state index contributed by atoms with van der Waals surface area (Å²) in [6.45, 7) is 7.58. The molecule has 0 amide bonds. The molecule has 0 spiro atoms. The molecule has 2 nitrogen and oxygen atoms in total. The van der Waals surface area contributed by atoms with Crippen LogP contribution in [-0.4, -0.2) is 27.5 Å².